The fraction of sp³-hybridized carbons (Fsp3) is 0.706. The summed E-state index contributed by atoms with van der Waals surface area (Å²) in [4.78, 5) is 6.58. The quantitative estimate of drug-likeness (QED) is 0.901. The van der Waals surface area contributed by atoms with Crippen LogP contribution in [0.4, 0.5) is 0 Å². The van der Waals surface area contributed by atoms with Crippen LogP contribution in [0.2, 0.25) is 0 Å². The highest BCUT2D eigenvalue weighted by atomic mass is 16.5. The maximum absolute atomic E-state index is 10.7. The zero-order chi connectivity index (χ0) is 14.5. The lowest BCUT2D eigenvalue weighted by atomic mass is 9.93. The number of β-amino-alcohol motifs (C(OH)–C–C–N with tert-alkyl or cyclic N) is 1. The highest BCUT2D eigenvalue weighted by molar-refractivity contribution is 5.10. The standard InChI is InChI=1S/C17H26N2O2/c20-17(7-12-21-13-8-17)14-19-11-1-2-16(19)4-3-15-5-9-18-10-6-15/h5-6,9-10,16,20H,1-4,7-8,11-14H2. The molecular formula is C17H26N2O2. The number of hydrogen-bond donors (Lipinski definition) is 1. The van der Waals surface area contributed by atoms with Gasteiger partial charge in [0.2, 0.25) is 0 Å². The minimum atomic E-state index is -0.530. The van der Waals surface area contributed by atoms with E-state index in [4.69, 9.17) is 4.74 Å². The zero-order valence-corrected chi connectivity index (χ0v) is 12.7. The van der Waals surface area contributed by atoms with Gasteiger partial charge in [-0.15, -0.1) is 0 Å². The van der Waals surface area contributed by atoms with E-state index in [9.17, 15) is 5.11 Å². The molecular weight excluding hydrogens is 264 g/mol. The number of aliphatic hydroxyl groups is 1. The molecule has 116 valence electrons. The number of likely N-dealkylation sites (tertiary alicyclic amines) is 1. The molecule has 1 aromatic rings. The maximum atomic E-state index is 10.7. The Bertz CT molecular complexity index is 432. The van der Waals surface area contributed by atoms with Crippen molar-refractivity contribution < 1.29 is 9.84 Å². The van der Waals surface area contributed by atoms with Crippen LogP contribution in [0.1, 0.15) is 37.7 Å². The second kappa shape index (κ2) is 6.86. The molecule has 0 radical (unpaired) electrons. The van der Waals surface area contributed by atoms with Crippen molar-refractivity contribution >= 4 is 0 Å². The number of hydrogen-bond acceptors (Lipinski definition) is 4. The number of rotatable bonds is 5. The Balaban J connectivity index is 1.53. The van der Waals surface area contributed by atoms with E-state index in [2.05, 4.69) is 22.0 Å². The van der Waals surface area contributed by atoms with Crippen molar-refractivity contribution in [3.8, 4) is 0 Å². The van der Waals surface area contributed by atoms with Gasteiger partial charge in [-0.1, -0.05) is 0 Å². The number of aromatic nitrogens is 1. The number of aryl methyl sites for hydroxylation is 1. The van der Waals surface area contributed by atoms with Gasteiger partial charge in [0.05, 0.1) is 5.60 Å². The van der Waals surface area contributed by atoms with Gasteiger partial charge in [-0.2, -0.15) is 0 Å². The minimum absolute atomic E-state index is 0.530. The average Bonchev–Trinajstić information content (AvgIpc) is 2.93. The van der Waals surface area contributed by atoms with Gasteiger partial charge in [0.25, 0.3) is 0 Å². The van der Waals surface area contributed by atoms with Crippen molar-refractivity contribution in [2.75, 3.05) is 26.3 Å². The molecule has 4 nitrogen and oxygen atoms in total. The van der Waals surface area contributed by atoms with Crippen LogP contribution in [0.15, 0.2) is 24.5 Å². The van der Waals surface area contributed by atoms with Crippen molar-refractivity contribution in [3.63, 3.8) is 0 Å². The van der Waals surface area contributed by atoms with Gasteiger partial charge in [-0.05, 0) is 49.9 Å². The summed E-state index contributed by atoms with van der Waals surface area (Å²) in [6.45, 7) is 3.35. The van der Waals surface area contributed by atoms with E-state index in [-0.39, 0.29) is 0 Å². The number of nitrogens with zero attached hydrogens (tertiary/aromatic N) is 2. The molecule has 3 rings (SSSR count). The second-order valence-electron chi connectivity index (χ2n) is 6.50. The van der Waals surface area contributed by atoms with Crippen molar-refractivity contribution in [2.24, 2.45) is 0 Å². The summed E-state index contributed by atoms with van der Waals surface area (Å²) in [5, 5.41) is 10.7. The largest absolute Gasteiger partial charge is 0.388 e. The molecule has 3 heterocycles. The molecule has 1 aromatic heterocycles. The third kappa shape index (κ3) is 4.02. The summed E-state index contributed by atoms with van der Waals surface area (Å²) in [6.07, 6.45) is 10.1. The molecule has 1 N–H and O–H groups in total. The smallest absolute Gasteiger partial charge is 0.0818 e. The fourth-order valence-electron chi connectivity index (χ4n) is 3.60. The first-order valence-electron chi connectivity index (χ1n) is 8.18. The molecule has 2 saturated heterocycles. The van der Waals surface area contributed by atoms with Gasteiger partial charge < -0.3 is 9.84 Å². The van der Waals surface area contributed by atoms with Crippen molar-refractivity contribution in [3.05, 3.63) is 30.1 Å². The third-order valence-electron chi connectivity index (χ3n) is 4.94. The molecule has 4 heteroatoms. The third-order valence-corrected chi connectivity index (χ3v) is 4.94. The SMILES string of the molecule is OC1(CN2CCCC2CCc2ccncc2)CCOCC1. The summed E-state index contributed by atoms with van der Waals surface area (Å²) in [6, 6.07) is 4.82. The Morgan fingerprint density at radius 1 is 1.29 bits per heavy atom. The van der Waals surface area contributed by atoms with Gasteiger partial charge in [-0.3, -0.25) is 9.88 Å². The Morgan fingerprint density at radius 2 is 2.05 bits per heavy atom. The second-order valence-corrected chi connectivity index (χ2v) is 6.50. The molecule has 2 aliphatic heterocycles. The van der Waals surface area contributed by atoms with E-state index >= 15 is 0 Å². The number of pyridine rings is 1. The van der Waals surface area contributed by atoms with E-state index in [0.29, 0.717) is 19.3 Å². The monoisotopic (exact) mass is 290 g/mol. The van der Waals surface area contributed by atoms with E-state index in [0.717, 1.165) is 32.4 Å². The topological polar surface area (TPSA) is 45.6 Å². The van der Waals surface area contributed by atoms with E-state index in [1.54, 1.807) is 0 Å². The van der Waals surface area contributed by atoms with Crippen LogP contribution < -0.4 is 0 Å². The molecule has 0 aromatic carbocycles. The van der Waals surface area contributed by atoms with Crippen LogP contribution in [0, 0.1) is 0 Å². The highest BCUT2D eigenvalue weighted by Crippen LogP contribution is 2.28. The predicted molar refractivity (Wildman–Crippen MR) is 82.2 cm³/mol. The normalized spacial score (nSPS) is 26.0. The Hall–Kier alpha value is -0.970. The van der Waals surface area contributed by atoms with Crippen LogP contribution in [0.5, 0.6) is 0 Å². The van der Waals surface area contributed by atoms with Crippen LogP contribution in [-0.2, 0) is 11.2 Å². The van der Waals surface area contributed by atoms with Gasteiger partial charge >= 0.3 is 0 Å². The molecule has 0 amide bonds. The van der Waals surface area contributed by atoms with E-state index < -0.39 is 5.60 Å². The molecule has 0 saturated carbocycles. The molecule has 0 bridgehead atoms. The predicted octanol–water partition coefficient (Wildman–Crippen LogP) is 2.02. The van der Waals surface area contributed by atoms with Gasteiger partial charge in [-0.25, -0.2) is 0 Å². The van der Waals surface area contributed by atoms with Crippen LogP contribution >= 0.6 is 0 Å². The van der Waals surface area contributed by atoms with Crippen LogP contribution in [-0.4, -0.2) is 52.9 Å². The lowest BCUT2D eigenvalue weighted by Crippen LogP contribution is -2.48. The lowest BCUT2D eigenvalue weighted by Gasteiger charge is -2.37. The molecule has 1 atom stereocenters. The van der Waals surface area contributed by atoms with Crippen molar-refractivity contribution in [1.29, 1.82) is 0 Å². The average molecular weight is 290 g/mol. The summed E-state index contributed by atoms with van der Waals surface area (Å²) in [5.74, 6) is 0. The minimum Gasteiger partial charge on any atom is -0.388 e. The zero-order valence-electron chi connectivity index (χ0n) is 12.7. The molecule has 21 heavy (non-hydrogen) atoms. The van der Waals surface area contributed by atoms with Gasteiger partial charge in [0.1, 0.15) is 0 Å². The van der Waals surface area contributed by atoms with Crippen LogP contribution in [0.3, 0.4) is 0 Å². The summed E-state index contributed by atoms with van der Waals surface area (Å²) in [7, 11) is 0. The van der Waals surface area contributed by atoms with E-state index in [1.165, 1.54) is 24.8 Å². The van der Waals surface area contributed by atoms with Crippen molar-refractivity contribution in [2.45, 2.75) is 50.2 Å². The summed E-state index contributed by atoms with van der Waals surface area (Å²) in [5.41, 5.74) is 0.832. The first kappa shape index (κ1) is 14.9. The summed E-state index contributed by atoms with van der Waals surface area (Å²) >= 11 is 0. The number of ether oxygens (including phenoxy) is 1. The first-order chi connectivity index (χ1) is 10.3. The maximum Gasteiger partial charge on any atom is 0.0818 e. The fourth-order valence-corrected chi connectivity index (χ4v) is 3.60. The van der Waals surface area contributed by atoms with Gasteiger partial charge in [0.15, 0.2) is 0 Å². The Labute approximate surface area is 127 Å². The Morgan fingerprint density at radius 3 is 2.81 bits per heavy atom. The molecule has 0 aliphatic carbocycles. The first-order valence-corrected chi connectivity index (χ1v) is 8.18. The summed E-state index contributed by atoms with van der Waals surface area (Å²) < 4.78 is 5.38. The van der Waals surface area contributed by atoms with Gasteiger partial charge in [0, 0.05) is 51.0 Å². The molecule has 0 spiro atoms. The van der Waals surface area contributed by atoms with Crippen LogP contribution in [0.25, 0.3) is 0 Å². The van der Waals surface area contributed by atoms with E-state index in [1.807, 2.05) is 12.4 Å². The highest BCUT2D eigenvalue weighted by Gasteiger charge is 2.35. The molecule has 2 aliphatic rings. The van der Waals surface area contributed by atoms with Crippen molar-refractivity contribution in [1.82, 2.24) is 9.88 Å². The molecule has 1 unspecified atom stereocenters. The molecule has 2 fully saturated rings. The Kier molecular flexibility index (Phi) is 4.88. The lowest BCUT2D eigenvalue weighted by molar-refractivity contribution is -0.0816.